The summed E-state index contributed by atoms with van der Waals surface area (Å²) in [7, 11) is 0. The second-order valence-electron chi connectivity index (χ2n) is 5.00. The lowest BCUT2D eigenvalue weighted by molar-refractivity contribution is -0.123. The highest BCUT2D eigenvalue weighted by Crippen LogP contribution is 2.30. The molecule has 0 saturated carbocycles. The normalized spacial score (nSPS) is 13.2. The first-order chi connectivity index (χ1) is 11.4. The smallest absolute Gasteiger partial charge is 0.266 e. The van der Waals surface area contributed by atoms with Gasteiger partial charge in [-0.1, -0.05) is 11.6 Å². The molecular formula is C15H12ClFN4O3. The lowest BCUT2D eigenvalue weighted by Crippen LogP contribution is -2.44. The van der Waals surface area contributed by atoms with Crippen molar-refractivity contribution in [3.63, 3.8) is 0 Å². The van der Waals surface area contributed by atoms with Gasteiger partial charge >= 0.3 is 0 Å². The van der Waals surface area contributed by atoms with E-state index >= 15 is 0 Å². The molecule has 0 unspecified atom stereocenters. The van der Waals surface area contributed by atoms with E-state index in [1.54, 1.807) is 6.07 Å². The molecule has 2 aromatic rings. The number of hydrogen-bond acceptors (Lipinski definition) is 5. The number of rotatable bonds is 3. The molecule has 1 aliphatic heterocycles. The molecule has 1 aliphatic rings. The standard InChI is InChI=1S/C15H12ClFN4O3/c16-9-5-8(1-2-10(9)17)19-13(22)6-21-14(23)7-24-11-3-4-12(18)20-15(11)21/h1-5H,6-7H2,(H2,18,20)(H,19,22). The van der Waals surface area contributed by atoms with Gasteiger partial charge in [0.1, 0.15) is 18.2 Å². The first kappa shape index (κ1) is 16.0. The maximum Gasteiger partial charge on any atom is 0.266 e. The van der Waals surface area contributed by atoms with Crippen LogP contribution in [0.15, 0.2) is 30.3 Å². The number of benzene rings is 1. The van der Waals surface area contributed by atoms with Gasteiger partial charge in [0.2, 0.25) is 5.91 Å². The number of nitrogens with one attached hydrogen (secondary N) is 1. The van der Waals surface area contributed by atoms with Crippen molar-refractivity contribution in [1.29, 1.82) is 0 Å². The summed E-state index contributed by atoms with van der Waals surface area (Å²) >= 11 is 5.67. The van der Waals surface area contributed by atoms with Crippen LogP contribution in [0, 0.1) is 5.82 Å². The Morgan fingerprint density at radius 2 is 2.21 bits per heavy atom. The number of nitrogen functional groups attached to an aromatic ring is 1. The zero-order valence-electron chi connectivity index (χ0n) is 12.3. The van der Waals surface area contributed by atoms with Crippen molar-refractivity contribution in [2.45, 2.75) is 0 Å². The van der Waals surface area contributed by atoms with Gasteiger partial charge in [0.05, 0.1) is 5.02 Å². The molecule has 0 atom stereocenters. The van der Waals surface area contributed by atoms with E-state index in [1.165, 1.54) is 23.1 Å². The number of aromatic nitrogens is 1. The molecular weight excluding hydrogens is 339 g/mol. The lowest BCUT2D eigenvalue weighted by Gasteiger charge is -2.27. The predicted molar refractivity (Wildman–Crippen MR) is 86.5 cm³/mol. The maximum atomic E-state index is 13.1. The number of carbonyl (C=O) groups excluding carboxylic acids is 2. The van der Waals surface area contributed by atoms with Crippen molar-refractivity contribution in [3.05, 3.63) is 41.2 Å². The van der Waals surface area contributed by atoms with Crippen LogP contribution in [0.1, 0.15) is 0 Å². The molecule has 7 nitrogen and oxygen atoms in total. The van der Waals surface area contributed by atoms with Gasteiger partial charge < -0.3 is 15.8 Å². The summed E-state index contributed by atoms with van der Waals surface area (Å²) in [4.78, 5) is 29.4. The van der Waals surface area contributed by atoms with E-state index < -0.39 is 17.6 Å². The first-order valence-electron chi connectivity index (χ1n) is 6.88. The summed E-state index contributed by atoms with van der Waals surface area (Å²) in [5, 5.41) is 2.42. The highest BCUT2D eigenvalue weighted by atomic mass is 35.5. The highest BCUT2D eigenvalue weighted by Gasteiger charge is 2.29. The zero-order valence-corrected chi connectivity index (χ0v) is 13.0. The minimum absolute atomic E-state index is 0.116. The van der Waals surface area contributed by atoms with Gasteiger partial charge in [0.15, 0.2) is 18.2 Å². The Hall–Kier alpha value is -2.87. The van der Waals surface area contributed by atoms with Gasteiger partial charge in [-0.25, -0.2) is 9.37 Å². The molecule has 0 aliphatic carbocycles. The number of carbonyl (C=O) groups is 2. The van der Waals surface area contributed by atoms with Crippen LogP contribution in [0.3, 0.4) is 0 Å². The van der Waals surface area contributed by atoms with E-state index in [4.69, 9.17) is 22.1 Å². The number of hydrogen-bond donors (Lipinski definition) is 2. The summed E-state index contributed by atoms with van der Waals surface area (Å²) in [5.74, 6) is -0.773. The molecule has 3 rings (SSSR count). The molecule has 2 amide bonds. The minimum atomic E-state index is -0.591. The van der Waals surface area contributed by atoms with Crippen LogP contribution in [0.5, 0.6) is 5.75 Å². The van der Waals surface area contributed by atoms with Crippen LogP contribution in [0.25, 0.3) is 0 Å². The SMILES string of the molecule is Nc1ccc2c(n1)N(CC(=O)Nc1ccc(F)c(Cl)c1)C(=O)CO2. The number of nitrogens with zero attached hydrogens (tertiary/aromatic N) is 2. The van der Waals surface area contributed by atoms with Gasteiger partial charge in [-0.3, -0.25) is 14.5 Å². The van der Waals surface area contributed by atoms with E-state index in [1.807, 2.05) is 0 Å². The van der Waals surface area contributed by atoms with Gasteiger partial charge in [0, 0.05) is 5.69 Å². The van der Waals surface area contributed by atoms with Gasteiger partial charge in [-0.05, 0) is 30.3 Å². The molecule has 0 fully saturated rings. The van der Waals surface area contributed by atoms with Crippen molar-refractivity contribution in [3.8, 4) is 5.75 Å². The molecule has 0 saturated heterocycles. The summed E-state index contributed by atoms with van der Waals surface area (Å²) < 4.78 is 18.4. The zero-order chi connectivity index (χ0) is 17.3. The molecule has 1 aromatic carbocycles. The number of ether oxygens (including phenoxy) is 1. The third kappa shape index (κ3) is 3.23. The number of halogens is 2. The van der Waals surface area contributed by atoms with Crippen LogP contribution in [-0.2, 0) is 9.59 Å². The van der Waals surface area contributed by atoms with E-state index in [9.17, 15) is 14.0 Å². The topological polar surface area (TPSA) is 97.5 Å². The number of anilines is 3. The van der Waals surface area contributed by atoms with Crippen LogP contribution < -0.4 is 20.7 Å². The summed E-state index contributed by atoms with van der Waals surface area (Å²) in [6, 6.07) is 6.89. The molecule has 0 radical (unpaired) electrons. The molecule has 0 bridgehead atoms. The average molecular weight is 351 g/mol. The third-order valence-electron chi connectivity index (χ3n) is 3.27. The summed E-state index contributed by atoms with van der Waals surface area (Å²) in [6.07, 6.45) is 0. The van der Waals surface area contributed by atoms with E-state index in [2.05, 4.69) is 10.3 Å². The first-order valence-corrected chi connectivity index (χ1v) is 7.26. The van der Waals surface area contributed by atoms with Crippen molar-refractivity contribution >= 4 is 40.7 Å². The Morgan fingerprint density at radius 1 is 1.42 bits per heavy atom. The Labute approximate surface area is 141 Å². The second kappa shape index (κ2) is 6.32. The van der Waals surface area contributed by atoms with Crippen LogP contribution in [0.4, 0.5) is 21.7 Å². The third-order valence-corrected chi connectivity index (χ3v) is 3.56. The van der Waals surface area contributed by atoms with Crippen LogP contribution >= 0.6 is 11.6 Å². The van der Waals surface area contributed by atoms with Crippen molar-refractivity contribution in [1.82, 2.24) is 4.98 Å². The largest absolute Gasteiger partial charge is 0.480 e. The Morgan fingerprint density at radius 3 is 2.96 bits per heavy atom. The second-order valence-corrected chi connectivity index (χ2v) is 5.41. The summed E-state index contributed by atoms with van der Waals surface area (Å²) in [5.41, 5.74) is 5.93. The monoisotopic (exact) mass is 350 g/mol. The van der Waals surface area contributed by atoms with Gasteiger partial charge in [-0.15, -0.1) is 0 Å². The van der Waals surface area contributed by atoms with Gasteiger partial charge in [0.25, 0.3) is 5.91 Å². The fraction of sp³-hybridized carbons (Fsp3) is 0.133. The Bertz CT molecular complexity index is 830. The molecule has 24 heavy (non-hydrogen) atoms. The predicted octanol–water partition coefficient (Wildman–Crippen LogP) is 1.82. The number of nitrogens with two attached hydrogens (primary N) is 1. The number of amides is 2. The average Bonchev–Trinajstić information content (AvgIpc) is 2.54. The van der Waals surface area contributed by atoms with Crippen molar-refractivity contribution in [2.24, 2.45) is 0 Å². The Kier molecular flexibility index (Phi) is 4.22. The Balaban J connectivity index is 1.77. The van der Waals surface area contributed by atoms with E-state index in [-0.39, 0.29) is 29.8 Å². The van der Waals surface area contributed by atoms with Crippen molar-refractivity contribution < 1.29 is 18.7 Å². The molecule has 0 spiro atoms. The molecule has 1 aromatic heterocycles. The molecule has 2 heterocycles. The summed E-state index contributed by atoms with van der Waals surface area (Å²) in [6.45, 7) is -0.491. The maximum absolute atomic E-state index is 13.1. The van der Waals surface area contributed by atoms with Crippen LogP contribution in [-0.4, -0.2) is 29.9 Å². The fourth-order valence-corrected chi connectivity index (χ4v) is 2.35. The highest BCUT2D eigenvalue weighted by molar-refractivity contribution is 6.31. The molecule has 3 N–H and O–H groups in total. The minimum Gasteiger partial charge on any atom is -0.480 e. The quantitative estimate of drug-likeness (QED) is 0.880. The molecule has 9 heteroatoms. The molecule has 124 valence electrons. The van der Waals surface area contributed by atoms with Gasteiger partial charge in [-0.2, -0.15) is 0 Å². The van der Waals surface area contributed by atoms with Crippen molar-refractivity contribution in [2.75, 3.05) is 29.1 Å². The number of fused-ring (bicyclic) bond motifs is 1. The lowest BCUT2D eigenvalue weighted by atomic mass is 10.3. The van der Waals surface area contributed by atoms with E-state index in [0.29, 0.717) is 11.4 Å². The van der Waals surface area contributed by atoms with E-state index in [0.717, 1.165) is 6.07 Å². The fourth-order valence-electron chi connectivity index (χ4n) is 2.17. The number of pyridine rings is 1. The van der Waals surface area contributed by atoms with Crippen LogP contribution in [0.2, 0.25) is 5.02 Å².